The predicted molar refractivity (Wildman–Crippen MR) is 81.9 cm³/mol. The van der Waals surface area contributed by atoms with Gasteiger partial charge in [0.15, 0.2) is 0 Å². The van der Waals surface area contributed by atoms with Crippen LogP contribution in [0.15, 0.2) is 24.3 Å². The molecule has 3 rings (SSSR count). The summed E-state index contributed by atoms with van der Waals surface area (Å²) in [5, 5.41) is 6.65. The predicted octanol–water partition coefficient (Wildman–Crippen LogP) is 3.28. The van der Waals surface area contributed by atoms with Crippen LogP contribution >= 0.6 is 0 Å². The average Bonchev–Trinajstić information content (AvgIpc) is 2.85. The van der Waals surface area contributed by atoms with Crippen molar-refractivity contribution in [2.75, 3.05) is 11.9 Å². The van der Waals surface area contributed by atoms with Crippen LogP contribution in [-0.4, -0.2) is 18.5 Å². The van der Waals surface area contributed by atoms with E-state index in [4.69, 9.17) is 0 Å². The third-order valence-corrected chi connectivity index (χ3v) is 4.83. The van der Waals surface area contributed by atoms with Crippen molar-refractivity contribution in [2.45, 2.75) is 51.0 Å². The van der Waals surface area contributed by atoms with E-state index in [1.165, 1.54) is 30.5 Å². The van der Waals surface area contributed by atoms with E-state index >= 15 is 0 Å². The van der Waals surface area contributed by atoms with Crippen LogP contribution < -0.4 is 10.6 Å². The summed E-state index contributed by atoms with van der Waals surface area (Å²) < 4.78 is 0. The summed E-state index contributed by atoms with van der Waals surface area (Å²) in [6.45, 7) is 3.14. The second-order valence-corrected chi connectivity index (χ2v) is 6.30. The van der Waals surface area contributed by atoms with Crippen molar-refractivity contribution in [3.63, 3.8) is 0 Å². The highest BCUT2D eigenvalue weighted by molar-refractivity contribution is 5.78. The smallest absolute Gasteiger partial charge is 0.220 e. The Labute approximate surface area is 121 Å². The molecule has 108 valence electrons. The zero-order chi connectivity index (χ0) is 13.9. The van der Waals surface area contributed by atoms with Crippen LogP contribution in [0.1, 0.15) is 50.5 Å². The summed E-state index contributed by atoms with van der Waals surface area (Å²) in [4.78, 5) is 12.3. The van der Waals surface area contributed by atoms with Crippen molar-refractivity contribution in [1.29, 1.82) is 0 Å². The Kier molecular flexibility index (Phi) is 3.95. The number of rotatable bonds is 3. The van der Waals surface area contributed by atoms with Crippen LogP contribution in [0.25, 0.3) is 0 Å². The largest absolute Gasteiger partial charge is 0.384 e. The first-order chi connectivity index (χ1) is 9.74. The van der Waals surface area contributed by atoms with Gasteiger partial charge in [-0.05, 0) is 30.4 Å². The maximum Gasteiger partial charge on any atom is 0.220 e. The Bertz CT molecular complexity index is 486. The molecule has 2 aliphatic rings. The molecule has 1 fully saturated rings. The number of para-hydroxylation sites is 1. The van der Waals surface area contributed by atoms with Gasteiger partial charge in [-0.2, -0.15) is 0 Å². The topological polar surface area (TPSA) is 41.1 Å². The van der Waals surface area contributed by atoms with Gasteiger partial charge >= 0.3 is 0 Å². The standard InChI is InChI=1S/C17H24N2O/c1-12-6-2-4-8-15(12)19-17(20)10-13-11-18-16-9-5-3-7-14(13)16/h3,5,7,9,12-13,15,18H,2,4,6,8,10-11H2,1H3,(H,19,20). The number of fused-ring (bicyclic) bond motifs is 1. The number of hydrogen-bond acceptors (Lipinski definition) is 2. The fourth-order valence-corrected chi connectivity index (χ4v) is 3.56. The van der Waals surface area contributed by atoms with Crippen molar-refractivity contribution in [2.24, 2.45) is 5.92 Å². The Morgan fingerprint density at radius 2 is 2.10 bits per heavy atom. The van der Waals surface area contributed by atoms with E-state index in [2.05, 4.69) is 35.8 Å². The second-order valence-electron chi connectivity index (χ2n) is 6.30. The normalized spacial score (nSPS) is 28.6. The summed E-state index contributed by atoms with van der Waals surface area (Å²) in [5.41, 5.74) is 2.48. The minimum atomic E-state index is 0.215. The number of carbonyl (C=O) groups excluding carboxylic acids is 1. The van der Waals surface area contributed by atoms with Crippen LogP contribution in [0.4, 0.5) is 5.69 Å². The number of hydrogen-bond donors (Lipinski definition) is 2. The molecule has 3 atom stereocenters. The van der Waals surface area contributed by atoms with Crippen LogP contribution in [0.2, 0.25) is 0 Å². The molecule has 0 aromatic heterocycles. The zero-order valence-electron chi connectivity index (χ0n) is 12.2. The maximum absolute atomic E-state index is 12.3. The summed E-state index contributed by atoms with van der Waals surface area (Å²) in [5.74, 6) is 1.17. The average molecular weight is 272 g/mol. The maximum atomic E-state index is 12.3. The summed E-state index contributed by atoms with van der Waals surface area (Å²) in [7, 11) is 0. The molecular formula is C17H24N2O. The van der Waals surface area contributed by atoms with E-state index in [-0.39, 0.29) is 5.91 Å². The Morgan fingerprint density at radius 3 is 2.95 bits per heavy atom. The van der Waals surface area contributed by atoms with E-state index in [1.54, 1.807) is 0 Å². The van der Waals surface area contributed by atoms with Gasteiger partial charge in [0.2, 0.25) is 5.91 Å². The molecule has 1 aromatic rings. The van der Waals surface area contributed by atoms with Gasteiger partial charge in [0.25, 0.3) is 0 Å². The number of nitrogens with one attached hydrogen (secondary N) is 2. The molecule has 0 spiro atoms. The van der Waals surface area contributed by atoms with Crippen molar-refractivity contribution in [3.05, 3.63) is 29.8 Å². The minimum absolute atomic E-state index is 0.215. The Balaban J connectivity index is 1.57. The fourth-order valence-electron chi connectivity index (χ4n) is 3.56. The fraction of sp³-hybridized carbons (Fsp3) is 0.588. The second kappa shape index (κ2) is 5.86. The molecule has 1 aliphatic carbocycles. The minimum Gasteiger partial charge on any atom is -0.384 e. The lowest BCUT2D eigenvalue weighted by molar-refractivity contribution is -0.122. The first-order valence-electron chi connectivity index (χ1n) is 7.86. The lowest BCUT2D eigenvalue weighted by Gasteiger charge is -2.29. The zero-order valence-corrected chi connectivity index (χ0v) is 12.2. The highest BCUT2D eigenvalue weighted by atomic mass is 16.1. The molecule has 1 aliphatic heterocycles. The molecule has 1 saturated carbocycles. The molecule has 3 unspecified atom stereocenters. The summed E-state index contributed by atoms with van der Waals surface area (Å²) in [6, 6.07) is 8.71. The van der Waals surface area contributed by atoms with E-state index in [0.29, 0.717) is 24.3 Å². The molecule has 0 saturated heterocycles. The first-order valence-corrected chi connectivity index (χ1v) is 7.86. The monoisotopic (exact) mass is 272 g/mol. The molecule has 0 radical (unpaired) electrons. The number of amides is 1. The molecule has 1 aromatic carbocycles. The SMILES string of the molecule is CC1CCCCC1NC(=O)CC1CNc2ccccc21. The highest BCUT2D eigenvalue weighted by Gasteiger charge is 2.27. The lowest BCUT2D eigenvalue weighted by atomic mass is 9.85. The molecule has 3 nitrogen and oxygen atoms in total. The van der Waals surface area contributed by atoms with Crippen LogP contribution in [0, 0.1) is 5.92 Å². The molecule has 20 heavy (non-hydrogen) atoms. The first kappa shape index (κ1) is 13.5. The third kappa shape index (κ3) is 2.82. The van der Waals surface area contributed by atoms with Crippen molar-refractivity contribution < 1.29 is 4.79 Å². The van der Waals surface area contributed by atoms with E-state index in [0.717, 1.165) is 13.0 Å². The number of anilines is 1. The van der Waals surface area contributed by atoms with Crippen molar-refractivity contribution in [1.82, 2.24) is 5.32 Å². The Hall–Kier alpha value is -1.51. The highest BCUT2D eigenvalue weighted by Crippen LogP contribution is 2.33. The molecule has 2 N–H and O–H groups in total. The van der Waals surface area contributed by atoms with Gasteiger partial charge in [0.1, 0.15) is 0 Å². The van der Waals surface area contributed by atoms with Gasteiger partial charge in [-0.15, -0.1) is 0 Å². The van der Waals surface area contributed by atoms with Crippen LogP contribution in [0.5, 0.6) is 0 Å². The quantitative estimate of drug-likeness (QED) is 0.886. The van der Waals surface area contributed by atoms with E-state index < -0.39 is 0 Å². The molecule has 1 amide bonds. The van der Waals surface area contributed by atoms with Crippen molar-refractivity contribution in [3.8, 4) is 0 Å². The lowest BCUT2D eigenvalue weighted by Crippen LogP contribution is -2.41. The van der Waals surface area contributed by atoms with Gasteiger partial charge in [0.05, 0.1) is 0 Å². The van der Waals surface area contributed by atoms with E-state index in [9.17, 15) is 4.79 Å². The van der Waals surface area contributed by atoms with Gasteiger partial charge in [-0.3, -0.25) is 4.79 Å². The number of benzene rings is 1. The summed E-state index contributed by atoms with van der Waals surface area (Å²) >= 11 is 0. The third-order valence-electron chi connectivity index (χ3n) is 4.83. The molecule has 3 heteroatoms. The van der Waals surface area contributed by atoms with Crippen LogP contribution in [0.3, 0.4) is 0 Å². The van der Waals surface area contributed by atoms with E-state index in [1.807, 2.05) is 6.07 Å². The van der Waals surface area contributed by atoms with Gasteiger partial charge in [0, 0.05) is 30.6 Å². The van der Waals surface area contributed by atoms with Crippen molar-refractivity contribution >= 4 is 11.6 Å². The van der Waals surface area contributed by atoms with Gasteiger partial charge in [-0.25, -0.2) is 0 Å². The molecular weight excluding hydrogens is 248 g/mol. The summed E-state index contributed by atoms with van der Waals surface area (Å²) in [6.07, 6.45) is 5.56. The van der Waals surface area contributed by atoms with Gasteiger partial charge < -0.3 is 10.6 Å². The molecule has 0 bridgehead atoms. The number of carbonyl (C=O) groups is 1. The Morgan fingerprint density at radius 1 is 1.30 bits per heavy atom. The van der Waals surface area contributed by atoms with Crippen LogP contribution in [-0.2, 0) is 4.79 Å². The van der Waals surface area contributed by atoms with Gasteiger partial charge in [-0.1, -0.05) is 38.0 Å². The molecule has 1 heterocycles.